The van der Waals surface area contributed by atoms with Crippen LogP contribution in [0.2, 0.25) is 0 Å². The lowest BCUT2D eigenvalue weighted by molar-refractivity contribution is -0.452. The van der Waals surface area contributed by atoms with Crippen LogP contribution in [0.5, 0.6) is 0 Å². The fourth-order valence-corrected chi connectivity index (χ4v) is 1.97. The number of thiocarbonyl (C=S) groups is 1. The van der Waals surface area contributed by atoms with E-state index in [4.69, 9.17) is 0 Å². The first-order valence-electron chi connectivity index (χ1n) is 7.13. The lowest BCUT2D eigenvalue weighted by Crippen LogP contribution is -2.76. The number of esters is 1. The summed E-state index contributed by atoms with van der Waals surface area (Å²) in [4.78, 5) is 11.0. The molecule has 1 atom stereocenters. The Morgan fingerprint density at radius 3 is 1.18 bits per heavy atom. The van der Waals surface area contributed by atoms with Gasteiger partial charge in [-0.2, -0.15) is 70.2 Å². The topological polar surface area (TPSA) is 26.3 Å². The molecular weight excluding hydrogens is 543 g/mol. The number of hydrogen-bond acceptors (Lipinski definition) is 3. The second kappa shape index (κ2) is 8.10. The Kier molecular flexibility index (Phi) is 7.64. The van der Waals surface area contributed by atoms with Gasteiger partial charge in [-0.15, -0.1) is 0 Å². The molecule has 0 spiro atoms. The summed E-state index contributed by atoms with van der Waals surface area (Å²) in [6.07, 6.45) is -15.5. The van der Waals surface area contributed by atoms with E-state index in [-0.39, 0.29) is 0 Å². The molecule has 0 aromatic heterocycles. The maximum atomic E-state index is 14.2. The predicted molar refractivity (Wildman–Crippen MR) is 74.2 cm³/mol. The summed E-state index contributed by atoms with van der Waals surface area (Å²) in [5, 5.41) is -3.66. The van der Waals surface area contributed by atoms with E-state index in [2.05, 4.69) is 23.5 Å². The van der Waals surface area contributed by atoms with Crippen molar-refractivity contribution in [2.24, 2.45) is 0 Å². The molecule has 0 saturated carbocycles. The first-order valence-corrected chi connectivity index (χ1v) is 7.54. The highest BCUT2D eigenvalue weighted by molar-refractivity contribution is 7.80. The third kappa shape index (κ3) is 4.22. The fourth-order valence-electron chi connectivity index (χ4n) is 1.65. The molecule has 0 amide bonds. The van der Waals surface area contributed by atoms with Crippen LogP contribution in [0.1, 0.15) is 6.92 Å². The maximum absolute atomic E-state index is 14.2. The fraction of sp³-hybridized carbons (Fsp3) is 0.692. The van der Waals surface area contributed by atoms with Crippen LogP contribution >= 0.6 is 12.2 Å². The van der Waals surface area contributed by atoms with E-state index in [9.17, 15) is 79.4 Å². The van der Waals surface area contributed by atoms with E-state index in [1.165, 1.54) is 0 Å². The summed E-state index contributed by atoms with van der Waals surface area (Å²) in [7, 11) is 0. The number of rotatable bonds is 7. The van der Waals surface area contributed by atoms with Crippen molar-refractivity contribution in [1.82, 2.24) is 0 Å². The van der Waals surface area contributed by atoms with Crippen LogP contribution < -0.4 is 0 Å². The summed E-state index contributed by atoms with van der Waals surface area (Å²) < 4.78 is 226. The van der Waals surface area contributed by atoms with Gasteiger partial charge in [-0.3, -0.25) is 0 Å². The lowest BCUT2D eigenvalue weighted by atomic mass is 9.85. The van der Waals surface area contributed by atoms with E-state index < -0.39 is 64.2 Å². The van der Waals surface area contributed by atoms with Gasteiger partial charge in [-0.25, -0.2) is 9.18 Å². The molecule has 1 unspecified atom stereocenters. The van der Waals surface area contributed by atoms with Gasteiger partial charge in [0.05, 0.1) is 0 Å². The predicted octanol–water partition coefficient (Wildman–Crippen LogP) is 6.44. The standard InChI is InChI=1S/C13H5F17O2S/c1-3(2)4(31)32-5(33)6(14,12(25,26)27)7(15,16)8(17,18)9(19,20)10(21,22)11(23,24)13(28,29)30/h1H2,2H3. The number of halogens is 17. The SMILES string of the molecule is C=C(C)C(=O)OC(=S)C(F)(C(F)(F)F)C(F)(F)C(F)(F)C(F)(F)C(F)(F)C(F)(F)C(F)(F)F. The lowest BCUT2D eigenvalue weighted by Gasteiger charge is -2.43. The zero-order chi connectivity index (χ0) is 27.4. The Hall–Kier alpha value is -1.89. The Morgan fingerprint density at radius 1 is 0.606 bits per heavy atom. The number of alkyl halides is 17. The third-order valence-electron chi connectivity index (χ3n) is 3.57. The second-order valence-electron chi connectivity index (χ2n) is 5.98. The Bertz CT molecular complexity index is 809. The van der Waals surface area contributed by atoms with Gasteiger partial charge in [0.25, 0.3) is 0 Å². The molecule has 0 N–H and O–H groups in total. The van der Waals surface area contributed by atoms with E-state index in [0.29, 0.717) is 6.92 Å². The van der Waals surface area contributed by atoms with Crippen molar-refractivity contribution < 1.29 is 84.2 Å². The highest BCUT2D eigenvalue weighted by atomic mass is 32.1. The van der Waals surface area contributed by atoms with Crippen LogP contribution in [0.25, 0.3) is 0 Å². The molecule has 0 aromatic rings. The molecule has 0 fully saturated rings. The van der Waals surface area contributed by atoms with Crippen molar-refractivity contribution in [3.63, 3.8) is 0 Å². The number of carbonyl (C=O) groups excluding carboxylic acids is 1. The summed E-state index contributed by atoms with van der Waals surface area (Å²) in [5.41, 5.74) is -8.60. The zero-order valence-corrected chi connectivity index (χ0v) is 15.7. The molecular formula is C13H5F17O2S. The second-order valence-corrected chi connectivity index (χ2v) is 6.35. The molecule has 0 radical (unpaired) electrons. The van der Waals surface area contributed by atoms with Gasteiger partial charge in [0.2, 0.25) is 5.05 Å². The Balaban J connectivity index is 7.07. The molecule has 0 aromatic carbocycles. The van der Waals surface area contributed by atoms with Gasteiger partial charge in [-0.05, 0) is 19.1 Å². The summed E-state index contributed by atoms with van der Waals surface area (Å²) >= 11 is 3.25. The molecule has 0 aliphatic rings. The van der Waals surface area contributed by atoms with Crippen LogP contribution in [0.3, 0.4) is 0 Å². The molecule has 33 heavy (non-hydrogen) atoms. The maximum Gasteiger partial charge on any atom is 0.460 e. The highest BCUT2D eigenvalue weighted by Crippen LogP contribution is 2.64. The third-order valence-corrected chi connectivity index (χ3v) is 3.94. The van der Waals surface area contributed by atoms with Crippen molar-refractivity contribution in [3.05, 3.63) is 12.2 Å². The molecule has 20 heteroatoms. The molecule has 194 valence electrons. The molecule has 0 saturated heterocycles. The van der Waals surface area contributed by atoms with E-state index in [0.717, 1.165) is 0 Å². The molecule has 0 aliphatic carbocycles. The van der Waals surface area contributed by atoms with Crippen LogP contribution in [-0.2, 0) is 9.53 Å². The molecule has 0 aliphatic heterocycles. The average molecular weight is 548 g/mol. The molecule has 0 rings (SSSR count). The van der Waals surface area contributed by atoms with Crippen molar-refractivity contribution >= 4 is 23.2 Å². The molecule has 2 nitrogen and oxygen atoms in total. The summed E-state index contributed by atoms with van der Waals surface area (Å²) in [5.74, 6) is -45.0. The van der Waals surface area contributed by atoms with Crippen molar-refractivity contribution in [3.8, 4) is 0 Å². The summed E-state index contributed by atoms with van der Waals surface area (Å²) in [6, 6.07) is 0. The normalized spacial score (nSPS) is 16.8. The van der Waals surface area contributed by atoms with Crippen molar-refractivity contribution in [1.29, 1.82) is 0 Å². The van der Waals surface area contributed by atoms with Gasteiger partial charge in [0, 0.05) is 5.57 Å². The minimum absolute atomic E-state index is 0.513. The van der Waals surface area contributed by atoms with Crippen LogP contribution in [0.15, 0.2) is 12.2 Å². The van der Waals surface area contributed by atoms with Gasteiger partial charge in [-0.1, -0.05) is 6.58 Å². The highest BCUT2D eigenvalue weighted by Gasteiger charge is 2.95. The zero-order valence-electron chi connectivity index (χ0n) is 14.9. The van der Waals surface area contributed by atoms with Crippen LogP contribution in [-0.4, -0.2) is 58.7 Å². The van der Waals surface area contributed by atoms with Crippen LogP contribution in [0.4, 0.5) is 74.6 Å². The van der Waals surface area contributed by atoms with E-state index in [1.54, 1.807) is 0 Å². The van der Waals surface area contributed by atoms with E-state index in [1.807, 2.05) is 0 Å². The quantitative estimate of drug-likeness (QED) is 0.159. The number of carbonyl (C=O) groups is 1. The summed E-state index contributed by atoms with van der Waals surface area (Å²) in [6.45, 7) is 3.12. The largest absolute Gasteiger partial charge is 0.460 e. The van der Waals surface area contributed by atoms with Crippen LogP contribution in [0, 0.1) is 0 Å². The Labute approximate surface area is 175 Å². The van der Waals surface area contributed by atoms with Gasteiger partial charge < -0.3 is 4.74 Å². The monoisotopic (exact) mass is 548 g/mol. The van der Waals surface area contributed by atoms with Gasteiger partial charge in [0.15, 0.2) is 0 Å². The first-order chi connectivity index (χ1) is 14.0. The minimum Gasteiger partial charge on any atom is -0.412 e. The first kappa shape index (κ1) is 31.1. The number of hydrogen-bond donors (Lipinski definition) is 0. The minimum atomic E-state index is -8.74. The Morgan fingerprint density at radius 2 is 0.909 bits per heavy atom. The number of ether oxygens (including phenoxy) is 1. The molecule has 0 bridgehead atoms. The smallest absolute Gasteiger partial charge is 0.412 e. The van der Waals surface area contributed by atoms with E-state index >= 15 is 0 Å². The average Bonchev–Trinajstić information content (AvgIpc) is 2.57. The van der Waals surface area contributed by atoms with Crippen molar-refractivity contribution in [2.45, 2.75) is 54.6 Å². The van der Waals surface area contributed by atoms with Gasteiger partial charge in [0.1, 0.15) is 0 Å². The van der Waals surface area contributed by atoms with Crippen molar-refractivity contribution in [2.75, 3.05) is 0 Å². The molecule has 0 heterocycles. The van der Waals surface area contributed by atoms with Gasteiger partial charge >= 0.3 is 53.6 Å².